The Morgan fingerprint density at radius 2 is 1.89 bits per heavy atom. The highest BCUT2D eigenvalue weighted by atomic mass is 19.1. The summed E-state index contributed by atoms with van der Waals surface area (Å²) in [4.78, 5) is 15.3. The van der Waals surface area contributed by atoms with Crippen LogP contribution in [0.2, 0.25) is 0 Å². The van der Waals surface area contributed by atoms with Crippen LogP contribution in [0.15, 0.2) is 35.0 Å². The van der Waals surface area contributed by atoms with Gasteiger partial charge in [-0.05, 0) is 26.0 Å². The number of benzene rings is 1. The monoisotopic (exact) mass is 252 g/mol. The molecule has 1 amide bonds. The molecule has 0 unspecified atom stereocenters. The maximum absolute atomic E-state index is 13.5. The van der Waals surface area contributed by atoms with E-state index in [9.17, 15) is 13.6 Å². The van der Waals surface area contributed by atoms with E-state index in [-0.39, 0.29) is 17.0 Å². The van der Waals surface area contributed by atoms with Crippen LogP contribution in [0, 0.1) is 11.6 Å². The molecule has 0 aromatic heterocycles. The second kappa shape index (κ2) is 6.05. The first-order valence-electron chi connectivity index (χ1n) is 5.39. The van der Waals surface area contributed by atoms with E-state index < -0.39 is 17.5 Å². The summed E-state index contributed by atoms with van der Waals surface area (Å²) in [7, 11) is 1.46. The van der Waals surface area contributed by atoms with Crippen LogP contribution in [0.3, 0.4) is 0 Å². The van der Waals surface area contributed by atoms with Crippen LogP contribution < -0.4 is 5.32 Å². The minimum Gasteiger partial charge on any atom is -0.354 e. The van der Waals surface area contributed by atoms with E-state index in [0.717, 1.165) is 12.1 Å². The Labute approximate surface area is 104 Å². The number of hydrogen-bond acceptors (Lipinski definition) is 2. The molecular weight excluding hydrogens is 238 g/mol. The van der Waals surface area contributed by atoms with Crippen molar-refractivity contribution in [3.05, 3.63) is 47.2 Å². The number of carbonyl (C=O) groups excluding carboxylic acids is 1. The summed E-state index contributed by atoms with van der Waals surface area (Å²) in [6, 6.07) is 3.57. The Kier molecular flexibility index (Phi) is 4.71. The Balaban J connectivity index is 3.21. The smallest absolute Gasteiger partial charge is 0.269 e. The van der Waals surface area contributed by atoms with E-state index in [1.165, 1.54) is 26.1 Å². The number of rotatable bonds is 3. The highest BCUT2D eigenvalue weighted by Crippen LogP contribution is 2.14. The van der Waals surface area contributed by atoms with Crippen LogP contribution in [-0.2, 0) is 4.79 Å². The minimum atomic E-state index is -0.705. The molecule has 0 aliphatic heterocycles. The molecule has 1 aromatic carbocycles. The summed E-state index contributed by atoms with van der Waals surface area (Å²) < 4.78 is 27.0. The summed E-state index contributed by atoms with van der Waals surface area (Å²) >= 11 is 0. The number of halogens is 2. The zero-order valence-corrected chi connectivity index (χ0v) is 10.4. The lowest BCUT2D eigenvalue weighted by Crippen LogP contribution is -2.20. The molecule has 96 valence electrons. The zero-order chi connectivity index (χ0) is 13.7. The average molecular weight is 252 g/mol. The van der Waals surface area contributed by atoms with E-state index in [4.69, 9.17) is 0 Å². The molecule has 5 heteroatoms. The molecule has 1 N–H and O–H groups in total. The molecule has 0 heterocycles. The Morgan fingerprint density at radius 3 is 2.33 bits per heavy atom. The first-order chi connectivity index (χ1) is 8.51. The molecule has 0 aliphatic rings. The van der Waals surface area contributed by atoms with Crippen LogP contribution in [-0.4, -0.2) is 18.7 Å². The molecule has 0 aliphatic carbocycles. The van der Waals surface area contributed by atoms with Gasteiger partial charge in [-0.2, -0.15) is 0 Å². The minimum absolute atomic E-state index is 0.109. The van der Waals surface area contributed by atoms with Gasteiger partial charge in [-0.25, -0.2) is 13.8 Å². The fourth-order valence-corrected chi connectivity index (χ4v) is 1.45. The zero-order valence-electron chi connectivity index (χ0n) is 10.4. The molecule has 1 aromatic rings. The number of hydrogen-bond donors (Lipinski definition) is 1. The summed E-state index contributed by atoms with van der Waals surface area (Å²) in [5.41, 5.74) is 0.000654. The van der Waals surface area contributed by atoms with Crippen LogP contribution >= 0.6 is 0 Å². The third kappa shape index (κ3) is 3.00. The molecule has 0 radical (unpaired) electrons. The topological polar surface area (TPSA) is 41.5 Å². The van der Waals surface area contributed by atoms with E-state index in [1.807, 2.05) is 0 Å². The highest BCUT2D eigenvalue weighted by Gasteiger charge is 2.13. The second-order valence-electron chi connectivity index (χ2n) is 3.55. The van der Waals surface area contributed by atoms with Crippen molar-refractivity contribution in [2.45, 2.75) is 13.8 Å². The van der Waals surface area contributed by atoms with Gasteiger partial charge in [0.1, 0.15) is 17.3 Å². The van der Waals surface area contributed by atoms with E-state index in [1.54, 1.807) is 6.92 Å². The number of nitrogens with zero attached hydrogens (tertiary/aromatic N) is 1. The van der Waals surface area contributed by atoms with Gasteiger partial charge in [0.25, 0.3) is 5.91 Å². The first kappa shape index (κ1) is 14.0. The SMILES string of the molecule is C/C=C(\N=C(C)c1c(F)cccc1F)C(=O)NC. The predicted octanol–water partition coefficient (Wildman–Crippen LogP) is 2.42. The predicted molar refractivity (Wildman–Crippen MR) is 66.4 cm³/mol. The van der Waals surface area contributed by atoms with Crippen molar-refractivity contribution in [2.75, 3.05) is 7.05 Å². The van der Waals surface area contributed by atoms with Crippen LogP contribution in [0.1, 0.15) is 19.4 Å². The number of likely N-dealkylation sites (N-methyl/N-ethyl adjacent to an activating group) is 1. The van der Waals surface area contributed by atoms with E-state index >= 15 is 0 Å². The molecule has 0 spiro atoms. The van der Waals surface area contributed by atoms with Gasteiger partial charge in [-0.15, -0.1) is 0 Å². The van der Waals surface area contributed by atoms with Gasteiger partial charge in [0.2, 0.25) is 0 Å². The maximum atomic E-state index is 13.5. The van der Waals surface area contributed by atoms with Gasteiger partial charge in [-0.1, -0.05) is 12.1 Å². The lowest BCUT2D eigenvalue weighted by molar-refractivity contribution is -0.117. The molecule has 0 bridgehead atoms. The Morgan fingerprint density at radius 1 is 1.33 bits per heavy atom. The third-order valence-electron chi connectivity index (χ3n) is 2.35. The van der Waals surface area contributed by atoms with E-state index in [2.05, 4.69) is 10.3 Å². The lowest BCUT2D eigenvalue weighted by Gasteiger charge is -2.06. The normalized spacial score (nSPS) is 12.5. The Hall–Kier alpha value is -2.04. The molecule has 1 rings (SSSR count). The van der Waals surface area contributed by atoms with Gasteiger partial charge < -0.3 is 5.32 Å². The van der Waals surface area contributed by atoms with Crippen LogP contribution in [0.5, 0.6) is 0 Å². The fraction of sp³-hybridized carbons (Fsp3) is 0.231. The average Bonchev–Trinajstić information content (AvgIpc) is 2.34. The molecule has 3 nitrogen and oxygen atoms in total. The number of carbonyl (C=O) groups is 1. The van der Waals surface area contributed by atoms with Crippen molar-refractivity contribution in [3.63, 3.8) is 0 Å². The summed E-state index contributed by atoms with van der Waals surface area (Å²) in [5.74, 6) is -1.82. The van der Waals surface area contributed by atoms with Gasteiger partial charge >= 0.3 is 0 Å². The molecule has 18 heavy (non-hydrogen) atoms. The molecule has 0 fully saturated rings. The van der Waals surface area contributed by atoms with Gasteiger partial charge in [0.05, 0.1) is 11.3 Å². The van der Waals surface area contributed by atoms with Crippen molar-refractivity contribution in [1.29, 1.82) is 0 Å². The van der Waals surface area contributed by atoms with Crippen molar-refractivity contribution < 1.29 is 13.6 Å². The first-order valence-corrected chi connectivity index (χ1v) is 5.39. The summed E-state index contributed by atoms with van der Waals surface area (Å²) in [6.45, 7) is 3.08. The maximum Gasteiger partial charge on any atom is 0.269 e. The van der Waals surface area contributed by atoms with Gasteiger partial charge in [0, 0.05) is 7.05 Å². The standard InChI is InChI=1S/C13H14F2N2O/c1-4-11(13(18)16-3)17-8(2)12-9(14)6-5-7-10(12)15/h4-7H,1-3H3,(H,16,18)/b11-4-,17-8?. The number of amides is 1. The fourth-order valence-electron chi connectivity index (χ4n) is 1.45. The molecule has 0 saturated carbocycles. The van der Waals surface area contributed by atoms with Gasteiger partial charge in [0.15, 0.2) is 0 Å². The van der Waals surface area contributed by atoms with Gasteiger partial charge in [-0.3, -0.25) is 4.79 Å². The van der Waals surface area contributed by atoms with Crippen LogP contribution in [0.25, 0.3) is 0 Å². The number of allylic oxidation sites excluding steroid dienone is 1. The quantitative estimate of drug-likeness (QED) is 0.651. The Bertz CT molecular complexity index is 501. The highest BCUT2D eigenvalue weighted by molar-refractivity contribution is 6.03. The summed E-state index contributed by atoms with van der Waals surface area (Å²) in [6.07, 6.45) is 1.47. The largest absolute Gasteiger partial charge is 0.354 e. The third-order valence-corrected chi connectivity index (χ3v) is 2.35. The van der Waals surface area contributed by atoms with Crippen molar-refractivity contribution in [3.8, 4) is 0 Å². The molecular formula is C13H14F2N2O. The van der Waals surface area contributed by atoms with Crippen molar-refractivity contribution in [2.24, 2.45) is 4.99 Å². The van der Waals surface area contributed by atoms with Crippen LogP contribution in [0.4, 0.5) is 8.78 Å². The molecule has 0 saturated heterocycles. The second-order valence-corrected chi connectivity index (χ2v) is 3.55. The van der Waals surface area contributed by atoms with Crippen molar-refractivity contribution >= 4 is 11.6 Å². The summed E-state index contributed by atoms with van der Waals surface area (Å²) in [5, 5.41) is 2.40. The molecule has 0 atom stereocenters. The lowest BCUT2D eigenvalue weighted by atomic mass is 10.1. The number of nitrogens with one attached hydrogen (secondary N) is 1. The van der Waals surface area contributed by atoms with Crippen molar-refractivity contribution in [1.82, 2.24) is 5.32 Å². The number of aliphatic imine (C=N–C) groups is 1. The van der Waals surface area contributed by atoms with E-state index in [0.29, 0.717) is 0 Å².